The van der Waals surface area contributed by atoms with Gasteiger partial charge >= 0.3 is 0 Å². The maximum atomic E-state index is 12.5. The van der Waals surface area contributed by atoms with Gasteiger partial charge in [0.15, 0.2) is 0 Å². The highest BCUT2D eigenvalue weighted by atomic mass is 16.5. The van der Waals surface area contributed by atoms with Crippen LogP contribution >= 0.6 is 0 Å². The molecule has 25 heavy (non-hydrogen) atoms. The summed E-state index contributed by atoms with van der Waals surface area (Å²) in [4.78, 5) is 30.2. The molecule has 1 amide bonds. The van der Waals surface area contributed by atoms with Gasteiger partial charge in [-0.3, -0.25) is 14.6 Å². The summed E-state index contributed by atoms with van der Waals surface area (Å²) >= 11 is 0. The molecule has 0 saturated heterocycles. The molecule has 2 aromatic heterocycles. The van der Waals surface area contributed by atoms with Crippen LogP contribution in [-0.4, -0.2) is 39.3 Å². The number of nitrogens with one attached hydrogen (secondary N) is 2. The average Bonchev–Trinajstić information content (AvgIpc) is 2.57. The maximum absolute atomic E-state index is 12.5. The second kappa shape index (κ2) is 6.94. The van der Waals surface area contributed by atoms with E-state index in [1.54, 1.807) is 18.5 Å². The first kappa shape index (κ1) is 17.0. The van der Waals surface area contributed by atoms with Crippen LogP contribution in [0.2, 0.25) is 0 Å². The van der Waals surface area contributed by atoms with E-state index in [4.69, 9.17) is 4.74 Å². The van der Waals surface area contributed by atoms with E-state index in [0.29, 0.717) is 18.6 Å². The Labute approximate surface area is 143 Å². The zero-order valence-corrected chi connectivity index (χ0v) is 13.6. The van der Waals surface area contributed by atoms with Gasteiger partial charge in [-0.05, 0) is 30.4 Å². The Bertz CT molecular complexity index is 829. The summed E-state index contributed by atoms with van der Waals surface area (Å²) in [6.45, 7) is 0. The molecule has 4 N–H and O–H groups in total. The third-order valence-electron chi connectivity index (χ3n) is 4.38. The average molecular weight is 345 g/mol. The zero-order chi connectivity index (χ0) is 18.0. The van der Waals surface area contributed by atoms with E-state index in [2.05, 4.69) is 15.3 Å². The first-order valence-electron chi connectivity index (χ1n) is 7.87. The second-order valence-corrected chi connectivity index (χ2v) is 6.09. The van der Waals surface area contributed by atoms with Crippen LogP contribution in [0.5, 0.6) is 11.5 Å². The molecule has 1 atom stereocenters. The molecule has 2 heterocycles. The van der Waals surface area contributed by atoms with Crippen molar-refractivity contribution in [1.29, 1.82) is 0 Å². The standard InChI is InChI=1S/C17H19N3O5/c1-25-12-4-10(6-18-7-12)16(9-2-11(21)3-9)20-17(24)13-8-19-15(23)5-14(13)22/h4-9,11,16,21H,2-3H2,1H3,(H,20,24)(H2,19,22,23)/t9?,11?,16-/m0/s1. The van der Waals surface area contributed by atoms with Gasteiger partial charge in [-0.2, -0.15) is 0 Å². The molecular formula is C17H19N3O5. The number of carbonyl (C=O) groups excluding carboxylic acids is 1. The van der Waals surface area contributed by atoms with E-state index >= 15 is 0 Å². The van der Waals surface area contributed by atoms with Crippen LogP contribution < -0.4 is 15.6 Å². The van der Waals surface area contributed by atoms with Gasteiger partial charge in [-0.15, -0.1) is 0 Å². The van der Waals surface area contributed by atoms with E-state index < -0.39 is 23.3 Å². The van der Waals surface area contributed by atoms with E-state index in [-0.39, 0.29) is 17.6 Å². The molecule has 0 unspecified atom stereocenters. The largest absolute Gasteiger partial charge is 0.507 e. The molecule has 132 valence electrons. The molecule has 0 aromatic carbocycles. The smallest absolute Gasteiger partial charge is 0.257 e. The Kier molecular flexibility index (Phi) is 4.71. The van der Waals surface area contributed by atoms with Gasteiger partial charge < -0.3 is 25.3 Å². The molecule has 2 aromatic rings. The summed E-state index contributed by atoms with van der Waals surface area (Å²) in [7, 11) is 1.53. The van der Waals surface area contributed by atoms with Gasteiger partial charge in [-0.1, -0.05) is 0 Å². The summed E-state index contributed by atoms with van der Waals surface area (Å²) in [5, 5.41) is 22.3. The van der Waals surface area contributed by atoms with Gasteiger partial charge in [-0.25, -0.2) is 0 Å². The number of aliphatic hydroxyl groups excluding tert-OH is 1. The predicted octanol–water partition coefficient (Wildman–Crippen LogP) is 0.726. The van der Waals surface area contributed by atoms with Gasteiger partial charge in [0.25, 0.3) is 11.5 Å². The number of carbonyl (C=O) groups is 1. The van der Waals surface area contributed by atoms with Crippen molar-refractivity contribution in [3.8, 4) is 11.5 Å². The van der Waals surface area contributed by atoms with E-state index in [1.807, 2.05) is 0 Å². The molecule has 0 spiro atoms. The lowest BCUT2D eigenvalue weighted by Crippen LogP contribution is -2.41. The van der Waals surface area contributed by atoms with Crippen molar-refractivity contribution in [1.82, 2.24) is 15.3 Å². The highest BCUT2D eigenvalue weighted by Gasteiger charge is 2.36. The minimum absolute atomic E-state index is 0.0275. The van der Waals surface area contributed by atoms with Crippen molar-refractivity contribution in [2.75, 3.05) is 7.11 Å². The van der Waals surface area contributed by atoms with Crippen molar-refractivity contribution >= 4 is 5.91 Å². The monoisotopic (exact) mass is 345 g/mol. The van der Waals surface area contributed by atoms with Crippen LogP contribution in [0.4, 0.5) is 0 Å². The number of H-pyrrole nitrogens is 1. The van der Waals surface area contributed by atoms with Crippen molar-refractivity contribution in [3.63, 3.8) is 0 Å². The van der Waals surface area contributed by atoms with Crippen LogP contribution in [0.3, 0.4) is 0 Å². The topological polar surface area (TPSA) is 125 Å². The third-order valence-corrected chi connectivity index (χ3v) is 4.38. The van der Waals surface area contributed by atoms with Crippen LogP contribution in [0.25, 0.3) is 0 Å². The molecule has 1 aliphatic carbocycles. The number of nitrogens with zero attached hydrogens (tertiary/aromatic N) is 1. The summed E-state index contributed by atoms with van der Waals surface area (Å²) in [5.74, 6) is -0.318. The minimum atomic E-state index is -0.525. The number of amides is 1. The van der Waals surface area contributed by atoms with Gasteiger partial charge in [0, 0.05) is 18.5 Å². The first-order chi connectivity index (χ1) is 12.0. The Morgan fingerprint density at radius 1 is 1.40 bits per heavy atom. The van der Waals surface area contributed by atoms with Crippen molar-refractivity contribution in [3.05, 3.63) is 52.2 Å². The number of aromatic nitrogens is 2. The van der Waals surface area contributed by atoms with Crippen molar-refractivity contribution in [2.45, 2.75) is 25.0 Å². The Balaban J connectivity index is 1.87. The van der Waals surface area contributed by atoms with Gasteiger partial charge in [0.1, 0.15) is 11.5 Å². The third kappa shape index (κ3) is 3.63. The molecular weight excluding hydrogens is 326 g/mol. The molecule has 8 nitrogen and oxygen atoms in total. The minimum Gasteiger partial charge on any atom is -0.507 e. The molecule has 3 rings (SSSR count). The van der Waals surface area contributed by atoms with E-state index in [9.17, 15) is 19.8 Å². The van der Waals surface area contributed by atoms with Crippen molar-refractivity contribution < 1.29 is 19.7 Å². The molecule has 0 radical (unpaired) electrons. The fraction of sp³-hybridized carbons (Fsp3) is 0.353. The molecule has 0 aliphatic heterocycles. The Hall–Kier alpha value is -2.87. The summed E-state index contributed by atoms with van der Waals surface area (Å²) in [6.07, 6.45) is 5.09. The number of pyridine rings is 2. The second-order valence-electron chi connectivity index (χ2n) is 6.09. The molecule has 8 heteroatoms. The summed E-state index contributed by atoms with van der Waals surface area (Å²) in [5.41, 5.74) is 0.221. The zero-order valence-electron chi connectivity index (χ0n) is 13.6. The Morgan fingerprint density at radius 3 is 2.80 bits per heavy atom. The number of aromatic hydroxyl groups is 1. The maximum Gasteiger partial charge on any atom is 0.257 e. The van der Waals surface area contributed by atoms with Crippen LogP contribution in [0.15, 0.2) is 35.5 Å². The molecule has 1 fully saturated rings. The number of ether oxygens (including phenoxy) is 1. The first-order valence-corrected chi connectivity index (χ1v) is 7.87. The highest BCUT2D eigenvalue weighted by Crippen LogP contribution is 2.38. The fourth-order valence-electron chi connectivity index (χ4n) is 2.95. The lowest BCUT2D eigenvalue weighted by atomic mass is 9.75. The van der Waals surface area contributed by atoms with Crippen LogP contribution in [0, 0.1) is 5.92 Å². The number of aliphatic hydroxyl groups is 1. The lowest BCUT2D eigenvalue weighted by molar-refractivity contribution is 0.0234. The number of methoxy groups -OCH3 is 1. The van der Waals surface area contributed by atoms with E-state index in [0.717, 1.165) is 11.6 Å². The molecule has 1 aliphatic rings. The number of hydrogen-bond donors (Lipinski definition) is 4. The Morgan fingerprint density at radius 2 is 2.16 bits per heavy atom. The van der Waals surface area contributed by atoms with Gasteiger partial charge in [0.2, 0.25) is 0 Å². The molecule has 1 saturated carbocycles. The fourth-order valence-corrected chi connectivity index (χ4v) is 2.95. The molecule has 0 bridgehead atoms. The number of rotatable bonds is 5. The van der Waals surface area contributed by atoms with Crippen molar-refractivity contribution in [2.24, 2.45) is 5.92 Å². The summed E-state index contributed by atoms with van der Waals surface area (Å²) in [6, 6.07) is 2.32. The SMILES string of the molecule is COc1cncc([C@@H](NC(=O)c2c[nH]c(=O)cc2O)C2CC(O)C2)c1. The normalized spacial score (nSPS) is 20.4. The van der Waals surface area contributed by atoms with Crippen LogP contribution in [0.1, 0.15) is 34.8 Å². The lowest BCUT2D eigenvalue weighted by Gasteiger charge is -2.38. The van der Waals surface area contributed by atoms with E-state index in [1.165, 1.54) is 13.3 Å². The number of hydrogen-bond acceptors (Lipinski definition) is 6. The predicted molar refractivity (Wildman–Crippen MR) is 88.5 cm³/mol. The number of aromatic amines is 1. The highest BCUT2D eigenvalue weighted by molar-refractivity contribution is 5.96. The van der Waals surface area contributed by atoms with Gasteiger partial charge in [0.05, 0.1) is 31.0 Å². The van der Waals surface area contributed by atoms with Crippen LogP contribution in [-0.2, 0) is 0 Å². The summed E-state index contributed by atoms with van der Waals surface area (Å²) < 4.78 is 5.18. The quantitative estimate of drug-likeness (QED) is 0.633.